The monoisotopic (exact) mass is 385 g/mol. The van der Waals surface area contributed by atoms with Gasteiger partial charge < -0.3 is 4.74 Å². The highest BCUT2D eigenvalue weighted by Crippen LogP contribution is 2.19. The minimum atomic E-state index is 0.136. The molecule has 4 nitrogen and oxygen atoms in total. The van der Waals surface area contributed by atoms with Crippen molar-refractivity contribution in [2.24, 2.45) is 10.9 Å². The van der Waals surface area contributed by atoms with Gasteiger partial charge in [-0.25, -0.2) is 10.4 Å². The van der Waals surface area contributed by atoms with Gasteiger partial charge in [-0.3, -0.25) is 4.99 Å². The Balaban J connectivity index is 2.08. The Labute approximate surface area is 134 Å². The molecule has 1 heterocycles. The van der Waals surface area contributed by atoms with Crippen LogP contribution in [0.3, 0.4) is 0 Å². The van der Waals surface area contributed by atoms with E-state index in [-0.39, 0.29) is 6.17 Å². The second-order valence-corrected chi connectivity index (χ2v) is 5.49. The lowest BCUT2D eigenvalue weighted by molar-refractivity contribution is 0.107. The van der Waals surface area contributed by atoms with Crippen molar-refractivity contribution >= 4 is 28.8 Å². The Hall–Kier alpha value is -0.920. The Kier molecular flexibility index (Phi) is 6.00. The van der Waals surface area contributed by atoms with Crippen molar-refractivity contribution in [2.75, 3.05) is 11.7 Å². The molecule has 2 atom stereocenters. The largest absolute Gasteiger partial charge is 0.497 e. The molecule has 2 unspecified atom stereocenters. The lowest BCUT2D eigenvalue weighted by Crippen LogP contribution is -2.46. The zero-order valence-electron chi connectivity index (χ0n) is 11.8. The van der Waals surface area contributed by atoms with Gasteiger partial charge in [0.25, 0.3) is 0 Å². The van der Waals surface area contributed by atoms with Gasteiger partial charge >= 0.3 is 0 Å². The van der Waals surface area contributed by atoms with Crippen molar-refractivity contribution in [2.45, 2.75) is 19.6 Å². The summed E-state index contributed by atoms with van der Waals surface area (Å²) in [6.07, 6.45) is 6.21. The molecule has 0 aromatic heterocycles. The number of ether oxygens (including phenoxy) is 1. The first-order valence-electron chi connectivity index (χ1n) is 6.63. The summed E-state index contributed by atoms with van der Waals surface area (Å²) < 4.78 is 6.05. The molecule has 0 aliphatic carbocycles. The van der Waals surface area contributed by atoms with Crippen LogP contribution in [0, 0.1) is 5.92 Å². The minimum Gasteiger partial charge on any atom is -0.497 e. The smallest absolute Gasteiger partial charge is 0.121 e. The topological polar surface area (TPSA) is 36.9 Å². The Morgan fingerprint density at radius 1 is 1.35 bits per heavy atom. The number of alkyl halides is 1. The minimum absolute atomic E-state index is 0.136. The standard InChI is InChI=1S/C15H20IN3O/c1-12-4-3-9-17-15(12)19(18-11-16)10-13-5-7-14(20-2)8-6-13/h3-9,12,15,18H,10-11H2,1-2H3. The summed E-state index contributed by atoms with van der Waals surface area (Å²) in [5.74, 6) is 1.28. The van der Waals surface area contributed by atoms with E-state index in [1.54, 1.807) is 7.11 Å². The van der Waals surface area contributed by atoms with Gasteiger partial charge in [0.2, 0.25) is 0 Å². The van der Waals surface area contributed by atoms with Crippen LogP contribution in [-0.2, 0) is 6.54 Å². The summed E-state index contributed by atoms with van der Waals surface area (Å²) in [5, 5.41) is 2.19. The van der Waals surface area contributed by atoms with Gasteiger partial charge in [0.1, 0.15) is 11.9 Å². The molecule has 0 saturated carbocycles. The number of allylic oxidation sites excluding steroid dienone is 1. The first-order valence-corrected chi connectivity index (χ1v) is 8.16. The number of nitrogens with zero attached hydrogens (tertiary/aromatic N) is 2. The third-order valence-corrected chi connectivity index (χ3v) is 3.65. The van der Waals surface area contributed by atoms with Crippen molar-refractivity contribution < 1.29 is 4.74 Å². The molecule has 0 amide bonds. The third kappa shape index (κ3) is 4.04. The van der Waals surface area contributed by atoms with Crippen LogP contribution in [0.25, 0.3) is 0 Å². The predicted octanol–water partition coefficient (Wildman–Crippen LogP) is 3.00. The molecule has 2 rings (SSSR count). The molecule has 0 bridgehead atoms. The molecule has 1 aromatic carbocycles. The van der Waals surface area contributed by atoms with E-state index >= 15 is 0 Å². The van der Waals surface area contributed by atoms with Crippen LogP contribution in [0.2, 0.25) is 0 Å². The Bertz CT molecular complexity index is 473. The second kappa shape index (κ2) is 7.75. The van der Waals surface area contributed by atoms with Gasteiger partial charge in [0, 0.05) is 18.7 Å². The zero-order chi connectivity index (χ0) is 14.4. The van der Waals surface area contributed by atoms with Crippen molar-refractivity contribution in [3.63, 3.8) is 0 Å². The van der Waals surface area contributed by atoms with E-state index in [4.69, 9.17) is 4.74 Å². The number of nitrogens with one attached hydrogen (secondary N) is 1. The summed E-state index contributed by atoms with van der Waals surface area (Å²) in [6.45, 7) is 3.00. The van der Waals surface area contributed by atoms with E-state index in [9.17, 15) is 0 Å². The van der Waals surface area contributed by atoms with E-state index in [1.165, 1.54) is 5.56 Å². The average molecular weight is 385 g/mol. The summed E-state index contributed by atoms with van der Waals surface area (Å²) >= 11 is 2.32. The lowest BCUT2D eigenvalue weighted by atomic mass is 10.1. The molecule has 0 spiro atoms. The molecular weight excluding hydrogens is 365 g/mol. The highest BCUT2D eigenvalue weighted by Gasteiger charge is 2.23. The number of rotatable bonds is 6. The highest BCUT2D eigenvalue weighted by atomic mass is 127. The number of dihydropyridines is 1. The molecule has 0 fully saturated rings. The van der Waals surface area contributed by atoms with E-state index in [0.717, 1.165) is 16.8 Å². The quantitative estimate of drug-likeness (QED) is 0.354. The summed E-state index contributed by atoms with van der Waals surface area (Å²) in [6, 6.07) is 8.16. The van der Waals surface area contributed by atoms with Gasteiger partial charge in [-0.2, -0.15) is 0 Å². The normalized spacial score (nSPS) is 21.4. The molecular formula is C15H20IN3O. The van der Waals surface area contributed by atoms with Crippen LogP contribution in [0.1, 0.15) is 12.5 Å². The van der Waals surface area contributed by atoms with Gasteiger partial charge in [-0.15, -0.1) is 0 Å². The third-order valence-electron chi connectivity index (χ3n) is 3.30. The number of hydrogen-bond acceptors (Lipinski definition) is 4. The van der Waals surface area contributed by atoms with Crippen molar-refractivity contribution in [3.05, 3.63) is 42.0 Å². The van der Waals surface area contributed by atoms with Crippen LogP contribution in [0.5, 0.6) is 5.75 Å². The Morgan fingerprint density at radius 2 is 2.10 bits per heavy atom. The lowest BCUT2D eigenvalue weighted by Gasteiger charge is -2.32. The first-order chi connectivity index (χ1) is 9.74. The molecule has 1 aliphatic rings. The fourth-order valence-corrected chi connectivity index (χ4v) is 2.65. The van der Waals surface area contributed by atoms with Crippen LogP contribution in [0.4, 0.5) is 0 Å². The fraction of sp³-hybridized carbons (Fsp3) is 0.400. The summed E-state index contributed by atoms with van der Waals surface area (Å²) in [7, 11) is 1.68. The van der Waals surface area contributed by atoms with Crippen molar-refractivity contribution in [1.82, 2.24) is 10.4 Å². The molecule has 5 heteroatoms. The molecule has 20 heavy (non-hydrogen) atoms. The number of hydrogen-bond donors (Lipinski definition) is 1. The van der Waals surface area contributed by atoms with Gasteiger partial charge in [0.05, 0.1) is 11.7 Å². The van der Waals surface area contributed by atoms with Crippen LogP contribution < -0.4 is 10.2 Å². The molecule has 0 saturated heterocycles. The number of benzene rings is 1. The van der Waals surface area contributed by atoms with E-state index in [0.29, 0.717) is 5.92 Å². The second-order valence-electron chi connectivity index (χ2n) is 4.72. The first kappa shape index (κ1) is 15.5. The maximum Gasteiger partial charge on any atom is 0.121 e. The van der Waals surface area contributed by atoms with E-state index in [2.05, 4.69) is 63.2 Å². The maximum absolute atomic E-state index is 5.19. The molecule has 0 radical (unpaired) electrons. The average Bonchev–Trinajstić information content (AvgIpc) is 2.48. The SMILES string of the molecule is COc1ccc(CN(NCI)C2N=CC=CC2C)cc1. The summed E-state index contributed by atoms with van der Waals surface area (Å²) in [4.78, 5) is 4.58. The maximum atomic E-state index is 5.19. The number of aliphatic imine (C=N–C) groups is 1. The molecule has 1 N–H and O–H groups in total. The van der Waals surface area contributed by atoms with E-state index in [1.807, 2.05) is 24.4 Å². The van der Waals surface area contributed by atoms with Crippen molar-refractivity contribution in [3.8, 4) is 5.75 Å². The van der Waals surface area contributed by atoms with Gasteiger partial charge in [-0.1, -0.05) is 47.7 Å². The van der Waals surface area contributed by atoms with Gasteiger partial charge in [-0.05, 0) is 23.8 Å². The van der Waals surface area contributed by atoms with Crippen molar-refractivity contribution in [1.29, 1.82) is 0 Å². The number of hydrazine groups is 1. The molecule has 1 aromatic rings. The summed E-state index contributed by atoms with van der Waals surface area (Å²) in [5.41, 5.74) is 4.64. The predicted molar refractivity (Wildman–Crippen MR) is 91.1 cm³/mol. The van der Waals surface area contributed by atoms with Crippen LogP contribution >= 0.6 is 22.6 Å². The zero-order valence-corrected chi connectivity index (χ0v) is 13.9. The molecule has 108 valence electrons. The number of halogens is 1. The number of methoxy groups -OCH3 is 1. The van der Waals surface area contributed by atoms with Crippen LogP contribution in [-0.4, -0.2) is 29.1 Å². The van der Waals surface area contributed by atoms with Crippen LogP contribution in [0.15, 0.2) is 41.4 Å². The highest BCUT2D eigenvalue weighted by molar-refractivity contribution is 14.1. The van der Waals surface area contributed by atoms with Gasteiger partial charge in [0.15, 0.2) is 0 Å². The molecule has 1 aliphatic heterocycles. The fourth-order valence-electron chi connectivity index (χ4n) is 2.21. The van der Waals surface area contributed by atoms with E-state index < -0.39 is 0 Å². The Morgan fingerprint density at radius 3 is 2.70 bits per heavy atom.